The summed E-state index contributed by atoms with van der Waals surface area (Å²) in [6.45, 7) is 3.32. The first-order valence-corrected chi connectivity index (χ1v) is 6.20. The van der Waals surface area contributed by atoms with Crippen molar-refractivity contribution >= 4 is 17.1 Å². The van der Waals surface area contributed by atoms with Crippen LogP contribution in [0.25, 0.3) is 0 Å². The summed E-state index contributed by atoms with van der Waals surface area (Å²) in [5, 5.41) is 20.6. The highest BCUT2D eigenvalue weighted by atomic mass is 16.6. The Labute approximate surface area is 111 Å². The molecule has 2 atom stereocenters. The lowest BCUT2D eigenvalue weighted by atomic mass is 9.96. The molecule has 7 nitrogen and oxygen atoms in total. The topological polar surface area (TPSA) is 105 Å². The Morgan fingerprint density at radius 3 is 2.84 bits per heavy atom. The predicted octanol–water partition coefficient (Wildman–Crippen LogP) is 1.09. The standard InChI is InChI=1S/C12H18N4O3/c1-8-7-15(3-2-12(8)17)10-4-9(14-13)5-11(6-10)16(18)19/h4-6,8,12,14,17H,2-3,7,13H2,1H3. The number of piperidine rings is 1. The third-order valence-electron chi connectivity index (χ3n) is 3.51. The number of nitro benzene ring substituents is 1. The van der Waals surface area contributed by atoms with Gasteiger partial charge in [0.15, 0.2) is 0 Å². The van der Waals surface area contributed by atoms with Gasteiger partial charge in [0.05, 0.1) is 16.7 Å². The van der Waals surface area contributed by atoms with E-state index in [-0.39, 0.29) is 17.7 Å². The molecular formula is C12H18N4O3. The average molecular weight is 266 g/mol. The molecule has 0 aromatic heterocycles. The minimum atomic E-state index is -0.438. The number of nitro groups is 1. The minimum absolute atomic E-state index is 0.00391. The van der Waals surface area contributed by atoms with Gasteiger partial charge in [0.2, 0.25) is 0 Å². The van der Waals surface area contributed by atoms with E-state index in [2.05, 4.69) is 5.43 Å². The van der Waals surface area contributed by atoms with Crippen LogP contribution in [0.1, 0.15) is 13.3 Å². The summed E-state index contributed by atoms with van der Waals surface area (Å²) >= 11 is 0. The van der Waals surface area contributed by atoms with E-state index in [4.69, 9.17) is 5.84 Å². The molecule has 1 saturated heterocycles. The third-order valence-corrected chi connectivity index (χ3v) is 3.51. The number of hydrogen-bond donors (Lipinski definition) is 3. The van der Waals surface area contributed by atoms with Crippen molar-refractivity contribution in [1.29, 1.82) is 0 Å². The van der Waals surface area contributed by atoms with Crippen LogP contribution in [-0.2, 0) is 0 Å². The lowest BCUT2D eigenvalue weighted by Gasteiger charge is -2.36. The number of nitrogens with zero attached hydrogens (tertiary/aromatic N) is 2. The van der Waals surface area contributed by atoms with E-state index in [1.807, 2.05) is 11.8 Å². The van der Waals surface area contributed by atoms with Crippen LogP contribution in [0.2, 0.25) is 0 Å². The summed E-state index contributed by atoms with van der Waals surface area (Å²) < 4.78 is 0. The molecule has 104 valence electrons. The lowest BCUT2D eigenvalue weighted by Crippen LogP contribution is -2.42. The van der Waals surface area contributed by atoms with Crippen molar-refractivity contribution in [2.75, 3.05) is 23.4 Å². The van der Waals surface area contributed by atoms with Crippen molar-refractivity contribution in [1.82, 2.24) is 0 Å². The van der Waals surface area contributed by atoms with Crippen LogP contribution in [0.5, 0.6) is 0 Å². The van der Waals surface area contributed by atoms with Crippen LogP contribution in [0, 0.1) is 16.0 Å². The number of anilines is 2. The van der Waals surface area contributed by atoms with Gasteiger partial charge in [0.1, 0.15) is 0 Å². The molecule has 0 spiro atoms. The second-order valence-corrected chi connectivity index (χ2v) is 4.92. The fourth-order valence-electron chi connectivity index (χ4n) is 2.33. The van der Waals surface area contributed by atoms with Crippen LogP contribution in [0.4, 0.5) is 17.1 Å². The van der Waals surface area contributed by atoms with Gasteiger partial charge >= 0.3 is 0 Å². The monoisotopic (exact) mass is 266 g/mol. The summed E-state index contributed by atoms with van der Waals surface area (Å²) in [6.07, 6.45) is 0.358. The molecule has 19 heavy (non-hydrogen) atoms. The Kier molecular flexibility index (Phi) is 3.87. The molecule has 1 fully saturated rings. The normalized spacial score (nSPS) is 23.2. The van der Waals surface area contributed by atoms with Crippen molar-refractivity contribution in [2.24, 2.45) is 11.8 Å². The number of nitrogens with one attached hydrogen (secondary N) is 1. The van der Waals surface area contributed by atoms with Gasteiger partial charge in [-0.3, -0.25) is 16.0 Å². The van der Waals surface area contributed by atoms with Gasteiger partial charge in [-0.2, -0.15) is 0 Å². The number of aliphatic hydroxyl groups is 1. The number of benzene rings is 1. The first kappa shape index (κ1) is 13.6. The first-order valence-electron chi connectivity index (χ1n) is 6.20. The van der Waals surface area contributed by atoms with E-state index >= 15 is 0 Å². The van der Waals surface area contributed by atoms with Crippen LogP contribution in [0.3, 0.4) is 0 Å². The molecule has 0 bridgehead atoms. The van der Waals surface area contributed by atoms with Crippen LogP contribution >= 0.6 is 0 Å². The third kappa shape index (κ3) is 2.94. The Morgan fingerprint density at radius 2 is 2.26 bits per heavy atom. The molecule has 0 amide bonds. The van der Waals surface area contributed by atoms with Crippen molar-refractivity contribution in [3.63, 3.8) is 0 Å². The SMILES string of the molecule is CC1CN(c2cc(NN)cc([N+](=O)[O-])c2)CCC1O. The first-order chi connectivity index (χ1) is 9.01. The highest BCUT2D eigenvalue weighted by molar-refractivity contribution is 5.64. The summed E-state index contributed by atoms with van der Waals surface area (Å²) in [7, 11) is 0. The van der Waals surface area contributed by atoms with E-state index in [0.717, 1.165) is 5.69 Å². The Hall–Kier alpha value is -1.86. The quantitative estimate of drug-likeness (QED) is 0.429. The van der Waals surface area contributed by atoms with Gasteiger partial charge in [-0.1, -0.05) is 6.92 Å². The van der Waals surface area contributed by atoms with Crippen molar-refractivity contribution in [2.45, 2.75) is 19.4 Å². The molecule has 2 unspecified atom stereocenters. The summed E-state index contributed by atoms with van der Waals surface area (Å²) in [4.78, 5) is 12.5. The number of rotatable bonds is 3. The molecule has 2 rings (SSSR count). The molecule has 0 radical (unpaired) electrons. The Morgan fingerprint density at radius 1 is 1.53 bits per heavy atom. The van der Waals surface area contributed by atoms with Crippen LogP contribution in [-0.4, -0.2) is 29.2 Å². The van der Waals surface area contributed by atoms with Gasteiger partial charge < -0.3 is 15.4 Å². The van der Waals surface area contributed by atoms with Gasteiger partial charge in [-0.05, 0) is 18.4 Å². The van der Waals surface area contributed by atoms with E-state index in [0.29, 0.717) is 25.2 Å². The largest absolute Gasteiger partial charge is 0.393 e. The maximum atomic E-state index is 10.9. The fourth-order valence-corrected chi connectivity index (χ4v) is 2.33. The Balaban J connectivity index is 2.28. The zero-order chi connectivity index (χ0) is 14.0. The van der Waals surface area contributed by atoms with E-state index < -0.39 is 4.92 Å². The molecule has 1 aromatic rings. The number of hydrogen-bond acceptors (Lipinski definition) is 6. The zero-order valence-electron chi connectivity index (χ0n) is 10.7. The molecule has 0 saturated carbocycles. The van der Waals surface area contributed by atoms with Crippen LogP contribution in [0.15, 0.2) is 18.2 Å². The lowest BCUT2D eigenvalue weighted by molar-refractivity contribution is -0.384. The number of nitrogen functional groups attached to an aromatic ring is 1. The van der Waals surface area contributed by atoms with Crippen molar-refractivity contribution in [3.05, 3.63) is 28.3 Å². The number of aliphatic hydroxyl groups excluding tert-OH is 1. The molecule has 1 heterocycles. The predicted molar refractivity (Wildman–Crippen MR) is 72.9 cm³/mol. The van der Waals surface area contributed by atoms with E-state index in [1.54, 1.807) is 6.07 Å². The number of non-ortho nitro benzene ring substituents is 1. The van der Waals surface area contributed by atoms with Gasteiger partial charge in [0.25, 0.3) is 5.69 Å². The molecule has 1 aromatic carbocycles. The number of hydrazine groups is 1. The molecule has 7 heteroatoms. The van der Waals surface area contributed by atoms with Gasteiger partial charge in [-0.15, -0.1) is 0 Å². The summed E-state index contributed by atoms with van der Waals surface area (Å²) in [5.74, 6) is 5.48. The summed E-state index contributed by atoms with van der Waals surface area (Å²) in [6, 6.07) is 4.70. The van der Waals surface area contributed by atoms with Crippen molar-refractivity contribution in [3.8, 4) is 0 Å². The Bertz CT molecular complexity index is 480. The highest BCUT2D eigenvalue weighted by Gasteiger charge is 2.25. The molecular weight excluding hydrogens is 248 g/mol. The maximum absolute atomic E-state index is 10.9. The smallest absolute Gasteiger partial charge is 0.273 e. The second-order valence-electron chi connectivity index (χ2n) is 4.92. The summed E-state index contributed by atoms with van der Waals surface area (Å²) in [5.41, 5.74) is 3.70. The fraction of sp³-hybridized carbons (Fsp3) is 0.500. The van der Waals surface area contributed by atoms with E-state index in [1.165, 1.54) is 12.1 Å². The number of nitrogens with two attached hydrogens (primary N) is 1. The van der Waals surface area contributed by atoms with Gasteiger partial charge in [-0.25, -0.2) is 0 Å². The van der Waals surface area contributed by atoms with E-state index in [9.17, 15) is 15.2 Å². The van der Waals surface area contributed by atoms with Gasteiger partial charge in [0, 0.05) is 30.9 Å². The zero-order valence-corrected chi connectivity index (χ0v) is 10.7. The maximum Gasteiger partial charge on any atom is 0.273 e. The highest BCUT2D eigenvalue weighted by Crippen LogP contribution is 2.29. The second kappa shape index (κ2) is 5.41. The van der Waals surface area contributed by atoms with Crippen molar-refractivity contribution < 1.29 is 10.0 Å². The minimum Gasteiger partial charge on any atom is -0.393 e. The molecule has 1 aliphatic heterocycles. The molecule has 0 aliphatic carbocycles. The molecule has 1 aliphatic rings. The molecule has 4 N–H and O–H groups in total. The van der Waals surface area contributed by atoms with Crippen LogP contribution < -0.4 is 16.2 Å². The average Bonchev–Trinajstić information content (AvgIpc) is 2.41.